The third-order valence-corrected chi connectivity index (χ3v) is 6.04. The monoisotopic (exact) mass is 500 g/mol. The van der Waals surface area contributed by atoms with Gasteiger partial charge in [0.05, 0.1) is 27.1 Å². The van der Waals surface area contributed by atoms with Gasteiger partial charge in [-0.05, 0) is 42.8 Å². The number of fused-ring (bicyclic) bond motifs is 1. The van der Waals surface area contributed by atoms with E-state index in [2.05, 4.69) is 20.9 Å². The van der Waals surface area contributed by atoms with Gasteiger partial charge in [-0.3, -0.25) is 9.78 Å². The van der Waals surface area contributed by atoms with E-state index in [1.165, 1.54) is 11.1 Å². The number of amides is 2. The summed E-state index contributed by atoms with van der Waals surface area (Å²) < 4.78 is 20.4. The molecule has 2 amide bonds. The maximum atomic E-state index is 14.8. The SMILES string of the molecule is CN(C=O)c1cnc2c(F)c(Br)c(Cl)cc2c1N1CCN(C(=O)OC(C)(C)C)CC1. The van der Waals surface area contributed by atoms with Gasteiger partial charge in [0.2, 0.25) is 6.41 Å². The number of carbonyl (C=O) groups is 2. The van der Waals surface area contributed by atoms with Crippen LogP contribution in [0, 0.1) is 5.82 Å². The van der Waals surface area contributed by atoms with Crippen molar-refractivity contribution in [3.63, 3.8) is 0 Å². The van der Waals surface area contributed by atoms with E-state index >= 15 is 0 Å². The number of rotatable bonds is 3. The second kappa shape index (κ2) is 8.55. The third-order valence-electron chi connectivity index (χ3n) is 4.74. The second-order valence-electron chi connectivity index (χ2n) is 8.05. The van der Waals surface area contributed by atoms with Crippen LogP contribution in [-0.2, 0) is 9.53 Å². The van der Waals surface area contributed by atoms with Crippen LogP contribution in [0.1, 0.15) is 20.8 Å². The molecule has 0 spiro atoms. The predicted octanol–water partition coefficient (Wildman–Crippen LogP) is 4.44. The molecule has 0 saturated carbocycles. The van der Waals surface area contributed by atoms with Gasteiger partial charge in [0.25, 0.3) is 0 Å². The van der Waals surface area contributed by atoms with Crippen LogP contribution in [0.25, 0.3) is 10.9 Å². The summed E-state index contributed by atoms with van der Waals surface area (Å²) in [4.78, 5) is 33.0. The Morgan fingerprint density at radius 3 is 2.53 bits per heavy atom. The highest BCUT2D eigenvalue weighted by molar-refractivity contribution is 9.10. The Morgan fingerprint density at radius 1 is 1.33 bits per heavy atom. The minimum atomic E-state index is -0.572. The fourth-order valence-electron chi connectivity index (χ4n) is 3.30. The highest BCUT2D eigenvalue weighted by atomic mass is 79.9. The number of carbonyl (C=O) groups excluding carboxylic acids is 2. The van der Waals surface area contributed by atoms with Crippen LogP contribution >= 0.6 is 27.5 Å². The van der Waals surface area contributed by atoms with Crippen molar-refractivity contribution < 1.29 is 18.7 Å². The average Bonchev–Trinajstić information content (AvgIpc) is 2.69. The Kier molecular flexibility index (Phi) is 6.43. The Balaban J connectivity index is 1.99. The molecule has 162 valence electrons. The average molecular weight is 502 g/mol. The number of halogens is 3. The molecule has 2 aromatic rings. The lowest BCUT2D eigenvalue weighted by Crippen LogP contribution is -2.50. The molecule has 0 unspecified atom stereocenters. The Hall–Kier alpha value is -2.13. The molecule has 1 aromatic heterocycles. The summed E-state index contributed by atoms with van der Waals surface area (Å²) in [7, 11) is 1.60. The molecule has 1 saturated heterocycles. The Bertz CT molecular complexity index is 990. The minimum Gasteiger partial charge on any atom is -0.444 e. The van der Waals surface area contributed by atoms with Crippen LogP contribution in [0.5, 0.6) is 0 Å². The first kappa shape index (κ1) is 22.6. The van der Waals surface area contributed by atoms with Crippen molar-refractivity contribution in [3.8, 4) is 0 Å². The lowest BCUT2D eigenvalue weighted by atomic mass is 10.1. The summed E-state index contributed by atoms with van der Waals surface area (Å²) in [5.41, 5.74) is 0.753. The van der Waals surface area contributed by atoms with Crippen LogP contribution in [-0.4, -0.2) is 61.2 Å². The van der Waals surface area contributed by atoms with Crippen molar-refractivity contribution in [2.75, 3.05) is 43.0 Å². The normalized spacial score (nSPS) is 14.8. The molecule has 0 radical (unpaired) electrons. The number of aromatic nitrogens is 1. The van der Waals surface area contributed by atoms with E-state index in [0.29, 0.717) is 49.4 Å². The van der Waals surface area contributed by atoms with E-state index < -0.39 is 11.4 Å². The molecule has 1 fully saturated rings. The third kappa shape index (κ3) is 4.46. The van der Waals surface area contributed by atoms with E-state index in [-0.39, 0.29) is 21.1 Å². The van der Waals surface area contributed by atoms with Crippen LogP contribution in [0.2, 0.25) is 5.02 Å². The molecule has 0 aliphatic carbocycles. The first-order valence-electron chi connectivity index (χ1n) is 9.40. The van der Waals surface area contributed by atoms with Crippen molar-refractivity contribution in [1.29, 1.82) is 0 Å². The fourth-order valence-corrected chi connectivity index (χ4v) is 3.80. The van der Waals surface area contributed by atoms with Crippen molar-refractivity contribution in [3.05, 3.63) is 27.6 Å². The molecule has 0 bridgehead atoms. The maximum Gasteiger partial charge on any atom is 0.410 e. The molecule has 0 atom stereocenters. The second-order valence-corrected chi connectivity index (χ2v) is 9.25. The number of hydrogen-bond donors (Lipinski definition) is 0. The van der Waals surface area contributed by atoms with E-state index in [4.69, 9.17) is 16.3 Å². The zero-order valence-corrected chi connectivity index (χ0v) is 19.5. The quantitative estimate of drug-likeness (QED) is 0.460. The number of hydrogen-bond acceptors (Lipinski definition) is 5. The van der Waals surface area contributed by atoms with Crippen molar-refractivity contribution in [1.82, 2.24) is 9.88 Å². The van der Waals surface area contributed by atoms with Crippen LogP contribution in [0.4, 0.5) is 20.6 Å². The molecule has 1 aliphatic heterocycles. The predicted molar refractivity (Wildman–Crippen MR) is 119 cm³/mol. The fraction of sp³-hybridized carbons (Fsp3) is 0.450. The summed E-state index contributed by atoms with van der Waals surface area (Å²) in [6, 6.07) is 1.63. The van der Waals surface area contributed by atoms with Crippen LogP contribution < -0.4 is 9.80 Å². The van der Waals surface area contributed by atoms with Gasteiger partial charge in [-0.15, -0.1) is 0 Å². The minimum absolute atomic E-state index is 0.140. The smallest absolute Gasteiger partial charge is 0.410 e. The van der Waals surface area contributed by atoms with Crippen molar-refractivity contribution in [2.45, 2.75) is 26.4 Å². The number of nitrogens with zero attached hydrogens (tertiary/aromatic N) is 4. The van der Waals surface area contributed by atoms with Gasteiger partial charge in [-0.25, -0.2) is 9.18 Å². The van der Waals surface area contributed by atoms with Gasteiger partial charge in [-0.1, -0.05) is 11.6 Å². The van der Waals surface area contributed by atoms with E-state index in [0.717, 1.165) is 0 Å². The van der Waals surface area contributed by atoms with Gasteiger partial charge in [0, 0.05) is 38.6 Å². The standard InChI is InChI=1S/C20H23BrClFN4O3/c1-20(2,3)30-19(29)27-7-5-26(6-8-27)18-12-9-13(22)15(21)16(23)17(12)24-10-14(18)25(4)11-28/h9-11H,5-8H2,1-4H3. The molecule has 30 heavy (non-hydrogen) atoms. The first-order chi connectivity index (χ1) is 14.0. The van der Waals surface area contributed by atoms with Crippen LogP contribution in [0.15, 0.2) is 16.7 Å². The van der Waals surface area contributed by atoms with E-state index in [1.54, 1.807) is 18.0 Å². The number of anilines is 2. The molecule has 0 N–H and O–H groups in total. The Labute approximate surface area is 187 Å². The Morgan fingerprint density at radius 2 is 1.97 bits per heavy atom. The van der Waals surface area contributed by atoms with Crippen molar-refractivity contribution >= 4 is 62.3 Å². The summed E-state index contributed by atoms with van der Waals surface area (Å²) >= 11 is 9.35. The highest BCUT2D eigenvalue weighted by Crippen LogP contribution is 2.40. The molecular weight excluding hydrogens is 479 g/mol. The largest absolute Gasteiger partial charge is 0.444 e. The highest BCUT2D eigenvalue weighted by Gasteiger charge is 2.29. The van der Waals surface area contributed by atoms with Gasteiger partial charge >= 0.3 is 6.09 Å². The lowest BCUT2D eigenvalue weighted by molar-refractivity contribution is -0.107. The molecule has 2 heterocycles. The molecule has 3 rings (SSSR count). The van der Waals surface area contributed by atoms with E-state index in [9.17, 15) is 14.0 Å². The first-order valence-corrected chi connectivity index (χ1v) is 10.6. The van der Waals surface area contributed by atoms with Gasteiger partial charge < -0.3 is 19.4 Å². The molecule has 7 nitrogen and oxygen atoms in total. The number of piperazine rings is 1. The lowest BCUT2D eigenvalue weighted by Gasteiger charge is -2.38. The molecule has 10 heteroatoms. The molecule has 1 aromatic carbocycles. The topological polar surface area (TPSA) is 66.0 Å². The van der Waals surface area contributed by atoms with Gasteiger partial charge in [0.15, 0.2) is 5.82 Å². The summed E-state index contributed by atoms with van der Waals surface area (Å²) in [5.74, 6) is -0.563. The molecular formula is C20H23BrClFN4O3. The maximum absolute atomic E-state index is 14.8. The van der Waals surface area contributed by atoms with Crippen molar-refractivity contribution in [2.24, 2.45) is 0 Å². The van der Waals surface area contributed by atoms with Gasteiger partial charge in [0.1, 0.15) is 11.1 Å². The number of ether oxygens (including phenoxy) is 1. The zero-order valence-electron chi connectivity index (χ0n) is 17.2. The molecule has 1 aliphatic rings. The van der Waals surface area contributed by atoms with E-state index in [1.807, 2.05) is 25.7 Å². The van der Waals surface area contributed by atoms with Crippen LogP contribution in [0.3, 0.4) is 0 Å². The number of benzene rings is 1. The summed E-state index contributed by atoms with van der Waals surface area (Å²) in [6.07, 6.45) is 1.76. The summed E-state index contributed by atoms with van der Waals surface area (Å²) in [5, 5.41) is 0.707. The van der Waals surface area contributed by atoms with Gasteiger partial charge in [-0.2, -0.15) is 0 Å². The number of pyridine rings is 1. The summed E-state index contributed by atoms with van der Waals surface area (Å²) in [6.45, 7) is 7.28. The zero-order chi connectivity index (χ0) is 22.2.